The lowest BCUT2D eigenvalue weighted by molar-refractivity contribution is 0.211. The monoisotopic (exact) mass is 284 g/mol. The fourth-order valence-electron chi connectivity index (χ4n) is 2.52. The van der Waals surface area contributed by atoms with Crippen LogP contribution in [0.5, 0.6) is 0 Å². The first-order chi connectivity index (χ1) is 7.77. The van der Waals surface area contributed by atoms with Crippen molar-refractivity contribution in [1.29, 1.82) is 0 Å². The molecule has 0 heterocycles. The van der Waals surface area contributed by atoms with E-state index in [0.717, 1.165) is 22.9 Å². The second-order valence-corrected chi connectivity index (χ2v) is 5.62. The Labute approximate surface area is 105 Å². The van der Waals surface area contributed by atoms with Gasteiger partial charge in [-0.15, -0.1) is 0 Å². The van der Waals surface area contributed by atoms with Crippen LogP contribution in [-0.4, -0.2) is 0 Å². The van der Waals surface area contributed by atoms with Crippen molar-refractivity contribution in [1.82, 2.24) is 0 Å². The van der Waals surface area contributed by atoms with E-state index in [1.54, 1.807) is 0 Å². The molecule has 1 aliphatic carbocycles. The van der Waals surface area contributed by atoms with Gasteiger partial charge in [0.05, 0.1) is 0 Å². The van der Waals surface area contributed by atoms with Crippen LogP contribution in [0.2, 0.25) is 0 Å². The van der Waals surface area contributed by atoms with E-state index in [1.165, 1.54) is 25.7 Å². The molecule has 0 amide bonds. The Balaban J connectivity index is 2.04. The van der Waals surface area contributed by atoms with Gasteiger partial charge in [0.15, 0.2) is 0 Å². The molecule has 1 aliphatic rings. The minimum absolute atomic E-state index is 0.240. The predicted molar refractivity (Wildman–Crippen MR) is 69.2 cm³/mol. The van der Waals surface area contributed by atoms with Crippen molar-refractivity contribution in [2.75, 3.05) is 0 Å². The third-order valence-corrected chi connectivity index (χ3v) is 4.03. The molecule has 0 N–H and O–H groups in total. The van der Waals surface area contributed by atoms with Gasteiger partial charge in [-0.05, 0) is 36.5 Å². The highest BCUT2D eigenvalue weighted by molar-refractivity contribution is 9.10. The first kappa shape index (κ1) is 12.1. The van der Waals surface area contributed by atoms with Crippen molar-refractivity contribution in [3.05, 3.63) is 34.3 Å². The third-order valence-electron chi connectivity index (χ3n) is 3.50. The molecule has 1 atom stereocenters. The van der Waals surface area contributed by atoms with Crippen molar-refractivity contribution in [3.63, 3.8) is 0 Å². The fraction of sp³-hybridized carbons (Fsp3) is 0.571. The fourth-order valence-corrected chi connectivity index (χ4v) is 2.79. The van der Waals surface area contributed by atoms with Gasteiger partial charge in [0, 0.05) is 4.47 Å². The summed E-state index contributed by atoms with van der Waals surface area (Å²) in [6, 6.07) is 7.66. The van der Waals surface area contributed by atoms with Crippen LogP contribution in [0.3, 0.4) is 0 Å². The zero-order valence-electron chi connectivity index (χ0n) is 9.46. The van der Waals surface area contributed by atoms with Crippen LogP contribution in [0.4, 0.5) is 4.39 Å². The molecule has 0 saturated heterocycles. The largest absolute Gasteiger partial charge is 0.242 e. The lowest BCUT2D eigenvalue weighted by atomic mass is 9.91. The van der Waals surface area contributed by atoms with Gasteiger partial charge in [-0.25, -0.2) is 4.39 Å². The zero-order chi connectivity index (χ0) is 11.4. The molecule has 2 rings (SSSR count). The minimum Gasteiger partial charge on any atom is -0.242 e. The molecule has 0 bridgehead atoms. The van der Waals surface area contributed by atoms with Crippen molar-refractivity contribution in [2.45, 2.75) is 44.7 Å². The summed E-state index contributed by atoms with van der Waals surface area (Å²) >= 11 is 3.38. The van der Waals surface area contributed by atoms with E-state index < -0.39 is 6.17 Å². The molecule has 0 spiro atoms. The number of hydrogen-bond donors (Lipinski definition) is 0. The van der Waals surface area contributed by atoms with Crippen LogP contribution in [0, 0.1) is 5.92 Å². The maximum Gasteiger partial charge on any atom is 0.128 e. The molecule has 0 aromatic heterocycles. The summed E-state index contributed by atoms with van der Waals surface area (Å²) in [6.07, 6.45) is 6.29. The molecule has 1 saturated carbocycles. The maximum atomic E-state index is 14.3. The van der Waals surface area contributed by atoms with Crippen molar-refractivity contribution >= 4 is 15.9 Å². The summed E-state index contributed by atoms with van der Waals surface area (Å²) in [4.78, 5) is 0. The Morgan fingerprint density at radius 3 is 2.12 bits per heavy atom. The van der Waals surface area contributed by atoms with Crippen LogP contribution in [0.1, 0.15) is 50.3 Å². The Kier molecular flexibility index (Phi) is 4.39. The third kappa shape index (κ3) is 3.07. The summed E-state index contributed by atoms with van der Waals surface area (Å²) in [5, 5.41) is 0. The average Bonchev–Trinajstić information content (AvgIpc) is 2.57. The van der Waals surface area contributed by atoms with E-state index >= 15 is 0 Å². The topological polar surface area (TPSA) is 0 Å². The molecular weight excluding hydrogens is 267 g/mol. The standard InChI is InChI=1S/C14H18BrF/c15-13-9-7-12(8-10-13)14(16)11-5-3-1-2-4-6-11/h7-11,14H,1-6H2. The van der Waals surface area contributed by atoms with Gasteiger partial charge in [-0.2, -0.15) is 0 Å². The summed E-state index contributed by atoms with van der Waals surface area (Å²) in [7, 11) is 0. The Morgan fingerprint density at radius 2 is 1.56 bits per heavy atom. The van der Waals surface area contributed by atoms with Crippen LogP contribution in [0.25, 0.3) is 0 Å². The summed E-state index contributed by atoms with van der Waals surface area (Å²) in [5.41, 5.74) is 0.843. The number of halogens is 2. The highest BCUT2D eigenvalue weighted by atomic mass is 79.9. The number of hydrogen-bond acceptors (Lipinski definition) is 0. The quantitative estimate of drug-likeness (QED) is 0.635. The SMILES string of the molecule is FC(c1ccc(Br)cc1)C1CCCCCC1. The number of rotatable bonds is 2. The van der Waals surface area contributed by atoms with Gasteiger partial charge in [-0.3, -0.25) is 0 Å². The van der Waals surface area contributed by atoms with Crippen molar-refractivity contribution in [2.24, 2.45) is 5.92 Å². The summed E-state index contributed by atoms with van der Waals surface area (Å²) in [5.74, 6) is 0.240. The highest BCUT2D eigenvalue weighted by Gasteiger charge is 2.23. The molecular formula is C14H18BrF. The van der Waals surface area contributed by atoms with Crippen LogP contribution in [0.15, 0.2) is 28.7 Å². The molecule has 88 valence electrons. The average molecular weight is 285 g/mol. The maximum absolute atomic E-state index is 14.3. The van der Waals surface area contributed by atoms with Crippen LogP contribution in [-0.2, 0) is 0 Å². The minimum atomic E-state index is -0.772. The first-order valence-corrected chi connectivity index (χ1v) is 6.96. The molecule has 2 heteroatoms. The van der Waals surface area contributed by atoms with E-state index in [-0.39, 0.29) is 5.92 Å². The van der Waals surface area contributed by atoms with Gasteiger partial charge in [0.1, 0.15) is 6.17 Å². The van der Waals surface area contributed by atoms with Gasteiger partial charge >= 0.3 is 0 Å². The van der Waals surface area contributed by atoms with E-state index in [9.17, 15) is 4.39 Å². The number of alkyl halides is 1. The zero-order valence-corrected chi connectivity index (χ0v) is 11.0. The Hall–Kier alpha value is -0.370. The molecule has 0 nitrogen and oxygen atoms in total. The van der Waals surface area contributed by atoms with Gasteiger partial charge < -0.3 is 0 Å². The molecule has 1 unspecified atom stereocenters. The molecule has 16 heavy (non-hydrogen) atoms. The Bertz CT molecular complexity index is 312. The summed E-state index contributed by atoms with van der Waals surface area (Å²) in [6.45, 7) is 0. The highest BCUT2D eigenvalue weighted by Crippen LogP contribution is 2.36. The second kappa shape index (κ2) is 5.81. The summed E-state index contributed by atoms with van der Waals surface area (Å²) < 4.78 is 15.3. The molecule has 1 aromatic rings. The second-order valence-electron chi connectivity index (χ2n) is 4.70. The molecule has 1 aromatic carbocycles. The Morgan fingerprint density at radius 1 is 1.00 bits per heavy atom. The van der Waals surface area contributed by atoms with Crippen LogP contribution >= 0.6 is 15.9 Å². The van der Waals surface area contributed by atoms with Crippen molar-refractivity contribution in [3.8, 4) is 0 Å². The van der Waals surface area contributed by atoms with Crippen LogP contribution < -0.4 is 0 Å². The van der Waals surface area contributed by atoms with Gasteiger partial charge in [0.2, 0.25) is 0 Å². The van der Waals surface area contributed by atoms with Gasteiger partial charge in [-0.1, -0.05) is 53.7 Å². The normalized spacial score (nSPS) is 20.4. The smallest absolute Gasteiger partial charge is 0.128 e. The van der Waals surface area contributed by atoms with Gasteiger partial charge in [0.25, 0.3) is 0 Å². The molecule has 0 radical (unpaired) electrons. The van der Waals surface area contributed by atoms with E-state index in [4.69, 9.17) is 0 Å². The number of benzene rings is 1. The first-order valence-electron chi connectivity index (χ1n) is 6.17. The van der Waals surface area contributed by atoms with E-state index in [2.05, 4.69) is 15.9 Å². The lowest BCUT2D eigenvalue weighted by Crippen LogP contribution is -2.07. The van der Waals surface area contributed by atoms with Crippen molar-refractivity contribution < 1.29 is 4.39 Å². The van der Waals surface area contributed by atoms with E-state index in [1.807, 2.05) is 24.3 Å². The predicted octanol–water partition coefficient (Wildman–Crippen LogP) is 5.43. The van der Waals surface area contributed by atoms with E-state index in [0.29, 0.717) is 0 Å². The molecule has 0 aliphatic heterocycles. The molecule has 1 fully saturated rings. The lowest BCUT2D eigenvalue weighted by Gasteiger charge is -2.19.